The van der Waals surface area contributed by atoms with Crippen molar-refractivity contribution in [2.24, 2.45) is 5.92 Å². The van der Waals surface area contributed by atoms with Gasteiger partial charge in [0.25, 0.3) is 0 Å². The number of ketones is 1. The predicted molar refractivity (Wildman–Crippen MR) is 93.5 cm³/mol. The van der Waals surface area contributed by atoms with Crippen LogP contribution in [0.4, 0.5) is 0 Å². The Bertz CT molecular complexity index is 422. The molecule has 1 fully saturated rings. The minimum atomic E-state index is -0.328. The summed E-state index contributed by atoms with van der Waals surface area (Å²) in [6.45, 7) is 6.97. The second-order valence-corrected chi connectivity index (χ2v) is 6.84. The highest BCUT2D eigenvalue weighted by molar-refractivity contribution is 5.81. The van der Waals surface area contributed by atoms with Gasteiger partial charge in [-0.3, -0.25) is 9.59 Å². The SMILES string of the molecule is CCCCCCC(=O)N1CC[C@H](CC)[C@H](OC(=O)CCC(C)=O)C1. The molecule has 0 aromatic rings. The number of carbonyl (C=O) groups excluding carboxylic acids is 3. The average Bonchev–Trinajstić information content (AvgIpc) is 2.56. The molecule has 0 unspecified atom stereocenters. The molecule has 0 saturated carbocycles. The summed E-state index contributed by atoms with van der Waals surface area (Å²) in [5.74, 6) is 0.137. The maximum Gasteiger partial charge on any atom is 0.306 e. The van der Waals surface area contributed by atoms with Gasteiger partial charge in [0.1, 0.15) is 11.9 Å². The van der Waals surface area contributed by atoms with Crippen molar-refractivity contribution in [1.82, 2.24) is 4.90 Å². The van der Waals surface area contributed by atoms with Crippen molar-refractivity contribution in [2.75, 3.05) is 13.1 Å². The Kier molecular flexibility index (Phi) is 9.65. The summed E-state index contributed by atoms with van der Waals surface area (Å²) in [7, 11) is 0. The van der Waals surface area contributed by atoms with Crippen molar-refractivity contribution in [1.29, 1.82) is 0 Å². The van der Waals surface area contributed by atoms with Crippen molar-refractivity contribution in [3.05, 3.63) is 0 Å². The number of unbranched alkanes of at least 4 members (excludes halogenated alkanes) is 3. The molecule has 0 bridgehead atoms. The number of hydrogen-bond acceptors (Lipinski definition) is 4. The van der Waals surface area contributed by atoms with Gasteiger partial charge in [0.2, 0.25) is 5.91 Å². The van der Waals surface area contributed by atoms with Crippen molar-refractivity contribution in [3.8, 4) is 0 Å². The van der Waals surface area contributed by atoms with Crippen molar-refractivity contribution >= 4 is 17.7 Å². The lowest BCUT2D eigenvalue weighted by Gasteiger charge is -2.37. The Morgan fingerprint density at radius 3 is 2.42 bits per heavy atom. The molecule has 5 heteroatoms. The molecule has 2 atom stereocenters. The van der Waals surface area contributed by atoms with Crippen LogP contribution < -0.4 is 0 Å². The van der Waals surface area contributed by atoms with Crippen LogP contribution in [0.5, 0.6) is 0 Å². The van der Waals surface area contributed by atoms with Crippen molar-refractivity contribution < 1.29 is 19.1 Å². The van der Waals surface area contributed by atoms with Crippen LogP contribution in [0.1, 0.15) is 78.6 Å². The highest BCUT2D eigenvalue weighted by atomic mass is 16.5. The zero-order valence-electron chi connectivity index (χ0n) is 15.5. The zero-order chi connectivity index (χ0) is 17.9. The van der Waals surface area contributed by atoms with Gasteiger partial charge in [0.15, 0.2) is 0 Å². The Labute approximate surface area is 146 Å². The van der Waals surface area contributed by atoms with E-state index in [2.05, 4.69) is 13.8 Å². The summed E-state index contributed by atoms with van der Waals surface area (Å²) < 4.78 is 5.58. The van der Waals surface area contributed by atoms with Gasteiger partial charge in [-0.2, -0.15) is 0 Å². The van der Waals surface area contributed by atoms with Gasteiger partial charge in [0.05, 0.1) is 13.0 Å². The minimum absolute atomic E-state index is 0.00785. The number of piperidine rings is 1. The summed E-state index contributed by atoms with van der Waals surface area (Å²) in [5.41, 5.74) is 0. The third kappa shape index (κ3) is 7.45. The average molecular weight is 339 g/mol. The van der Waals surface area contributed by atoms with Gasteiger partial charge in [-0.25, -0.2) is 0 Å². The molecule has 1 saturated heterocycles. The standard InChI is InChI=1S/C19H33NO4/c1-4-6-7-8-9-18(22)20-13-12-16(5-2)17(14-20)24-19(23)11-10-15(3)21/h16-17H,4-14H2,1-3H3/t16-,17+/m0/s1. The highest BCUT2D eigenvalue weighted by Gasteiger charge is 2.32. The molecule has 138 valence electrons. The largest absolute Gasteiger partial charge is 0.460 e. The molecule has 1 rings (SSSR count). The van der Waals surface area contributed by atoms with E-state index < -0.39 is 0 Å². The van der Waals surface area contributed by atoms with Gasteiger partial charge >= 0.3 is 5.97 Å². The third-order valence-electron chi connectivity index (χ3n) is 4.78. The second kappa shape index (κ2) is 11.2. The van der Waals surface area contributed by atoms with E-state index in [0.717, 1.165) is 38.6 Å². The van der Waals surface area contributed by atoms with Gasteiger partial charge in [-0.15, -0.1) is 0 Å². The molecule has 1 heterocycles. The normalized spacial score (nSPS) is 20.7. The van der Waals surface area contributed by atoms with E-state index in [1.54, 1.807) is 0 Å². The van der Waals surface area contributed by atoms with Crippen molar-refractivity contribution in [2.45, 2.75) is 84.7 Å². The Balaban J connectivity index is 2.48. The first-order valence-electron chi connectivity index (χ1n) is 9.44. The lowest BCUT2D eigenvalue weighted by atomic mass is 9.91. The third-order valence-corrected chi connectivity index (χ3v) is 4.78. The number of esters is 1. The van der Waals surface area contributed by atoms with E-state index in [1.165, 1.54) is 13.3 Å². The number of nitrogens with zero attached hydrogens (tertiary/aromatic N) is 1. The molecular formula is C19H33NO4. The first kappa shape index (κ1) is 20.7. The van der Waals surface area contributed by atoms with E-state index in [4.69, 9.17) is 4.74 Å². The molecule has 1 amide bonds. The number of ether oxygens (including phenoxy) is 1. The molecule has 24 heavy (non-hydrogen) atoms. The zero-order valence-corrected chi connectivity index (χ0v) is 15.5. The number of Topliss-reactive ketones (excluding diaryl/α,β-unsaturated/α-hetero) is 1. The Morgan fingerprint density at radius 2 is 1.79 bits per heavy atom. The number of likely N-dealkylation sites (tertiary alicyclic amines) is 1. The van der Waals surface area contributed by atoms with Crippen LogP contribution >= 0.6 is 0 Å². The van der Waals surface area contributed by atoms with E-state index in [0.29, 0.717) is 18.9 Å². The fraction of sp³-hybridized carbons (Fsp3) is 0.842. The number of amides is 1. The lowest BCUT2D eigenvalue weighted by Crippen LogP contribution is -2.48. The molecular weight excluding hydrogens is 306 g/mol. The molecule has 5 nitrogen and oxygen atoms in total. The summed E-state index contributed by atoms with van der Waals surface area (Å²) >= 11 is 0. The van der Waals surface area contributed by atoms with Gasteiger partial charge < -0.3 is 14.4 Å². The van der Waals surface area contributed by atoms with Crippen LogP contribution in [-0.2, 0) is 19.1 Å². The molecule has 0 radical (unpaired) electrons. The second-order valence-electron chi connectivity index (χ2n) is 6.84. The van der Waals surface area contributed by atoms with Crippen LogP contribution in [-0.4, -0.2) is 41.8 Å². The quantitative estimate of drug-likeness (QED) is 0.451. The summed E-state index contributed by atoms with van der Waals surface area (Å²) in [4.78, 5) is 37.1. The van der Waals surface area contributed by atoms with Crippen molar-refractivity contribution in [3.63, 3.8) is 0 Å². The summed E-state index contributed by atoms with van der Waals surface area (Å²) in [6, 6.07) is 0. The maximum atomic E-state index is 12.3. The topological polar surface area (TPSA) is 63.7 Å². The fourth-order valence-electron chi connectivity index (χ4n) is 3.16. The van der Waals surface area contributed by atoms with Crippen LogP contribution in [0.15, 0.2) is 0 Å². The predicted octanol–water partition coefficient (Wildman–Crippen LogP) is 3.50. The first-order valence-corrected chi connectivity index (χ1v) is 9.44. The monoisotopic (exact) mass is 339 g/mol. The van der Waals surface area contributed by atoms with E-state index in [1.807, 2.05) is 4.90 Å². The lowest BCUT2D eigenvalue weighted by molar-refractivity contribution is -0.159. The number of rotatable bonds is 10. The molecule has 1 aliphatic heterocycles. The molecule has 0 aromatic carbocycles. The van der Waals surface area contributed by atoms with Gasteiger partial charge in [-0.05, 0) is 32.1 Å². The number of hydrogen-bond donors (Lipinski definition) is 0. The molecule has 0 spiro atoms. The van der Waals surface area contributed by atoms with Gasteiger partial charge in [0, 0.05) is 19.4 Å². The molecule has 1 aliphatic rings. The molecule has 0 aliphatic carbocycles. The number of carbonyl (C=O) groups is 3. The summed E-state index contributed by atoms with van der Waals surface area (Å²) in [5, 5.41) is 0. The van der Waals surface area contributed by atoms with Gasteiger partial charge in [-0.1, -0.05) is 33.1 Å². The Morgan fingerprint density at radius 1 is 1.04 bits per heavy atom. The highest BCUT2D eigenvalue weighted by Crippen LogP contribution is 2.25. The first-order chi connectivity index (χ1) is 11.5. The van der Waals surface area contributed by atoms with E-state index in [9.17, 15) is 14.4 Å². The maximum absolute atomic E-state index is 12.3. The fourth-order valence-corrected chi connectivity index (χ4v) is 3.16. The minimum Gasteiger partial charge on any atom is -0.460 e. The van der Waals surface area contributed by atoms with E-state index in [-0.39, 0.29) is 36.6 Å². The van der Waals surface area contributed by atoms with Crippen LogP contribution in [0, 0.1) is 5.92 Å². The summed E-state index contributed by atoms with van der Waals surface area (Å²) in [6.07, 6.45) is 6.88. The van der Waals surface area contributed by atoms with Crippen LogP contribution in [0.3, 0.4) is 0 Å². The smallest absolute Gasteiger partial charge is 0.306 e. The Hall–Kier alpha value is -1.39. The molecule has 0 aromatic heterocycles. The van der Waals surface area contributed by atoms with E-state index >= 15 is 0 Å². The van der Waals surface area contributed by atoms with Crippen LogP contribution in [0.2, 0.25) is 0 Å². The van der Waals surface area contributed by atoms with Crippen LogP contribution in [0.25, 0.3) is 0 Å². The molecule has 0 N–H and O–H groups in total.